The summed E-state index contributed by atoms with van der Waals surface area (Å²) < 4.78 is 0. The number of hydrogen-bond acceptors (Lipinski definition) is 3. The largest absolute Gasteiger partial charge is 0.396 e. The van der Waals surface area contributed by atoms with E-state index in [0.29, 0.717) is 19.4 Å². The molecule has 0 spiro atoms. The maximum Gasteiger partial charge on any atom is 0.220 e. The number of amides is 1. The zero-order chi connectivity index (χ0) is 13.4. The van der Waals surface area contributed by atoms with Gasteiger partial charge in [0.25, 0.3) is 0 Å². The summed E-state index contributed by atoms with van der Waals surface area (Å²) in [4.78, 5) is 12.1. The number of hydrogen-bond donors (Lipinski definition) is 3. The third kappa shape index (κ3) is 4.58. The molecule has 0 bridgehead atoms. The molecule has 1 saturated carbocycles. The molecular formula is C14H28N2O2. The molecule has 0 aromatic carbocycles. The van der Waals surface area contributed by atoms with Crippen LogP contribution in [0.15, 0.2) is 0 Å². The minimum Gasteiger partial charge on any atom is -0.396 e. The summed E-state index contributed by atoms with van der Waals surface area (Å²) in [6, 6.07) is 0.0981. The Balaban J connectivity index is 2.45. The highest BCUT2D eigenvalue weighted by molar-refractivity contribution is 5.77. The Morgan fingerprint density at radius 1 is 1.39 bits per heavy atom. The minimum absolute atomic E-state index is 0.0276. The molecule has 106 valence electrons. The molecule has 0 heterocycles. The molecule has 0 aromatic heterocycles. The van der Waals surface area contributed by atoms with Gasteiger partial charge in [-0.1, -0.05) is 26.2 Å². The third-order valence-corrected chi connectivity index (χ3v) is 4.22. The molecule has 1 rings (SSSR count). The molecule has 1 aliphatic carbocycles. The number of nitrogens with one attached hydrogen (secondary N) is 1. The van der Waals surface area contributed by atoms with E-state index in [9.17, 15) is 4.79 Å². The van der Waals surface area contributed by atoms with Crippen molar-refractivity contribution < 1.29 is 9.90 Å². The van der Waals surface area contributed by atoms with Gasteiger partial charge in [-0.05, 0) is 37.6 Å². The van der Waals surface area contributed by atoms with E-state index in [0.717, 1.165) is 19.3 Å². The Kier molecular flexibility index (Phi) is 6.65. The lowest BCUT2D eigenvalue weighted by molar-refractivity contribution is -0.124. The fraction of sp³-hybridized carbons (Fsp3) is 0.929. The minimum atomic E-state index is 0.0276. The summed E-state index contributed by atoms with van der Waals surface area (Å²) in [5.74, 6) is 0.0997. The van der Waals surface area contributed by atoms with Crippen molar-refractivity contribution >= 4 is 5.91 Å². The highest BCUT2D eigenvalue weighted by atomic mass is 16.3. The van der Waals surface area contributed by atoms with E-state index in [1.54, 1.807) is 0 Å². The van der Waals surface area contributed by atoms with Crippen molar-refractivity contribution in [3.8, 4) is 0 Å². The molecule has 0 aromatic rings. The van der Waals surface area contributed by atoms with Crippen LogP contribution in [0.4, 0.5) is 0 Å². The number of nitrogens with two attached hydrogens (primary N) is 1. The van der Waals surface area contributed by atoms with Crippen LogP contribution in [0.3, 0.4) is 0 Å². The van der Waals surface area contributed by atoms with Gasteiger partial charge in [-0.3, -0.25) is 4.79 Å². The summed E-state index contributed by atoms with van der Waals surface area (Å²) in [7, 11) is 0. The summed E-state index contributed by atoms with van der Waals surface area (Å²) >= 11 is 0. The molecule has 0 radical (unpaired) electrons. The SMILES string of the molecule is CCC(CCO)NC(=O)CC1(CN)CCCCC1. The standard InChI is InChI=1S/C14H28N2O2/c1-2-12(6-9-17)16-13(18)10-14(11-15)7-4-3-5-8-14/h12,17H,2-11,15H2,1H3,(H,16,18). The van der Waals surface area contributed by atoms with Crippen molar-refractivity contribution in [1.82, 2.24) is 5.32 Å². The van der Waals surface area contributed by atoms with Crippen molar-refractivity contribution in [3.63, 3.8) is 0 Å². The van der Waals surface area contributed by atoms with Gasteiger partial charge in [0.05, 0.1) is 0 Å². The lowest BCUT2D eigenvalue weighted by atomic mass is 9.71. The Labute approximate surface area is 110 Å². The van der Waals surface area contributed by atoms with Crippen molar-refractivity contribution in [3.05, 3.63) is 0 Å². The molecule has 1 fully saturated rings. The second-order valence-corrected chi connectivity index (χ2v) is 5.63. The highest BCUT2D eigenvalue weighted by Crippen LogP contribution is 2.38. The van der Waals surface area contributed by atoms with Crippen LogP contribution in [-0.4, -0.2) is 30.2 Å². The molecule has 1 aliphatic rings. The maximum absolute atomic E-state index is 12.1. The Bertz CT molecular complexity index is 250. The fourth-order valence-corrected chi connectivity index (χ4v) is 2.91. The molecule has 18 heavy (non-hydrogen) atoms. The predicted octanol–water partition coefficient (Wildman–Crippen LogP) is 1.56. The zero-order valence-electron chi connectivity index (χ0n) is 11.6. The quantitative estimate of drug-likeness (QED) is 0.647. The van der Waals surface area contributed by atoms with Crippen LogP contribution >= 0.6 is 0 Å². The van der Waals surface area contributed by atoms with Gasteiger partial charge in [-0.15, -0.1) is 0 Å². The highest BCUT2D eigenvalue weighted by Gasteiger charge is 2.33. The first-order valence-electron chi connectivity index (χ1n) is 7.26. The summed E-state index contributed by atoms with van der Waals surface area (Å²) in [5, 5.41) is 11.9. The molecule has 1 amide bonds. The van der Waals surface area contributed by atoms with Crippen LogP contribution in [-0.2, 0) is 4.79 Å². The molecule has 1 unspecified atom stereocenters. The molecular weight excluding hydrogens is 228 g/mol. The van der Waals surface area contributed by atoms with E-state index >= 15 is 0 Å². The van der Waals surface area contributed by atoms with Gasteiger partial charge in [0.15, 0.2) is 0 Å². The van der Waals surface area contributed by atoms with Crippen LogP contribution in [0.5, 0.6) is 0 Å². The summed E-state index contributed by atoms with van der Waals surface area (Å²) in [6.07, 6.45) is 7.86. The van der Waals surface area contributed by atoms with Gasteiger partial charge >= 0.3 is 0 Å². The normalized spacial score (nSPS) is 20.4. The number of rotatable bonds is 7. The fourth-order valence-electron chi connectivity index (χ4n) is 2.91. The van der Waals surface area contributed by atoms with Crippen molar-refractivity contribution in [2.24, 2.45) is 11.1 Å². The number of aliphatic hydroxyl groups is 1. The first-order chi connectivity index (χ1) is 8.65. The predicted molar refractivity (Wildman–Crippen MR) is 73.1 cm³/mol. The molecule has 4 N–H and O–H groups in total. The van der Waals surface area contributed by atoms with E-state index in [1.165, 1.54) is 19.3 Å². The summed E-state index contributed by atoms with van der Waals surface area (Å²) in [5.41, 5.74) is 5.92. The van der Waals surface area contributed by atoms with Crippen LogP contribution < -0.4 is 11.1 Å². The van der Waals surface area contributed by atoms with Crippen molar-refractivity contribution in [1.29, 1.82) is 0 Å². The van der Waals surface area contributed by atoms with E-state index in [-0.39, 0.29) is 24.0 Å². The number of carbonyl (C=O) groups excluding carboxylic acids is 1. The van der Waals surface area contributed by atoms with Crippen LogP contribution in [0.1, 0.15) is 58.3 Å². The van der Waals surface area contributed by atoms with Gasteiger partial charge in [-0.2, -0.15) is 0 Å². The monoisotopic (exact) mass is 256 g/mol. The first kappa shape index (κ1) is 15.4. The van der Waals surface area contributed by atoms with E-state index in [2.05, 4.69) is 5.32 Å². The smallest absolute Gasteiger partial charge is 0.220 e. The molecule has 1 atom stereocenters. The van der Waals surface area contributed by atoms with Crippen molar-refractivity contribution in [2.75, 3.05) is 13.2 Å². The lowest BCUT2D eigenvalue weighted by Crippen LogP contribution is -2.42. The van der Waals surface area contributed by atoms with Crippen LogP contribution in [0.25, 0.3) is 0 Å². The second-order valence-electron chi connectivity index (χ2n) is 5.63. The van der Waals surface area contributed by atoms with E-state index in [4.69, 9.17) is 10.8 Å². The zero-order valence-corrected chi connectivity index (χ0v) is 11.6. The maximum atomic E-state index is 12.1. The molecule has 4 nitrogen and oxygen atoms in total. The van der Waals surface area contributed by atoms with Gasteiger partial charge in [0.1, 0.15) is 0 Å². The lowest BCUT2D eigenvalue weighted by Gasteiger charge is -2.36. The Morgan fingerprint density at radius 3 is 2.56 bits per heavy atom. The van der Waals surface area contributed by atoms with Gasteiger partial charge < -0.3 is 16.2 Å². The average molecular weight is 256 g/mol. The van der Waals surface area contributed by atoms with Crippen LogP contribution in [0.2, 0.25) is 0 Å². The third-order valence-electron chi connectivity index (χ3n) is 4.22. The van der Waals surface area contributed by atoms with E-state index < -0.39 is 0 Å². The second kappa shape index (κ2) is 7.74. The number of aliphatic hydroxyl groups excluding tert-OH is 1. The molecule has 0 saturated heterocycles. The van der Waals surface area contributed by atoms with Gasteiger partial charge in [-0.25, -0.2) is 0 Å². The Morgan fingerprint density at radius 2 is 2.06 bits per heavy atom. The van der Waals surface area contributed by atoms with E-state index in [1.807, 2.05) is 6.92 Å². The average Bonchev–Trinajstić information content (AvgIpc) is 2.39. The molecule has 0 aliphatic heterocycles. The van der Waals surface area contributed by atoms with Gasteiger partial charge in [0.2, 0.25) is 5.91 Å². The van der Waals surface area contributed by atoms with Gasteiger partial charge in [0, 0.05) is 19.1 Å². The topological polar surface area (TPSA) is 75.3 Å². The summed E-state index contributed by atoms with van der Waals surface area (Å²) in [6.45, 7) is 2.76. The first-order valence-corrected chi connectivity index (χ1v) is 7.26. The number of carbonyl (C=O) groups is 1. The Hall–Kier alpha value is -0.610. The molecule has 4 heteroatoms. The van der Waals surface area contributed by atoms with Crippen molar-refractivity contribution in [2.45, 2.75) is 64.3 Å². The van der Waals surface area contributed by atoms with Crippen LogP contribution in [0, 0.1) is 5.41 Å².